The van der Waals surface area contributed by atoms with E-state index >= 15 is 0 Å². The molecule has 1 fully saturated rings. The number of hydrogen-bond acceptors (Lipinski definition) is 6. The highest BCUT2D eigenvalue weighted by atomic mass is 35.5. The summed E-state index contributed by atoms with van der Waals surface area (Å²) in [6, 6.07) is 9.02. The number of anilines is 1. The molecule has 1 saturated heterocycles. The van der Waals surface area contributed by atoms with Gasteiger partial charge < -0.3 is 14.4 Å². The average Bonchev–Trinajstić information content (AvgIpc) is 3.42. The number of likely N-dealkylation sites (N-methyl/N-ethyl adjacent to an activating group) is 1. The summed E-state index contributed by atoms with van der Waals surface area (Å²) in [4.78, 5) is 35.3. The molecule has 1 atom stereocenters. The standard InChI is InChI=1S/C27H29ClN6O2S/c1-18(15-29)23-14-19(17-37-23)26(36)31-27-30-22-10-6-9-21(28)25(22)34(27)20-8-4-5-13-33(16-20)24(35)11-7-12-32(2)3/h6-7,9-11,14,17,20H,1,4-5,8,12-13,16H2,2-3H3,(H,30,31,36)/b11-7+/t20-/m1/s1. The molecule has 1 aliphatic heterocycles. The normalized spacial score (nSPS) is 16.2. The number of fused-ring (bicyclic) bond motifs is 1. The number of aromatic nitrogens is 2. The maximum absolute atomic E-state index is 13.2. The number of hydrogen-bond donors (Lipinski definition) is 1. The first-order valence-corrected chi connectivity index (χ1v) is 13.3. The van der Waals surface area contributed by atoms with Crippen molar-refractivity contribution in [2.24, 2.45) is 0 Å². The third-order valence-corrected chi connectivity index (χ3v) is 7.53. The van der Waals surface area contributed by atoms with E-state index in [-0.39, 0.29) is 17.9 Å². The molecule has 0 aliphatic carbocycles. The lowest BCUT2D eigenvalue weighted by molar-refractivity contribution is -0.126. The largest absolute Gasteiger partial charge is 0.337 e. The molecule has 3 heterocycles. The van der Waals surface area contributed by atoms with Crippen molar-refractivity contribution in [1.29, 1.82) is 5.26 Å². The molecule has 0 spiro atoms. The fraction of sp³-hybridized carbons (Fsp3) is 0.333. The number of halogens is 1. The van der Waals surface area contributed by atoms with Crippen molar-refractivity contribution in [3.05, 3.63) is 63.8 Å². The number of imidazole rings is 1. The number of likely N-dealkylation sites (tertiary alicyclic amines) is 1. The summed E-state index contributed by atoms with van der Waals surface area (Å²) >= 11 is 7.92. The van der Waals surface area contributed by atoms with Crippen molar-refractivity contribution in [3.63, 3.8) is 0 Å². The third-order valence-electron chi connectivity index (χ3n) is 6.23. The van der Waals surface area contributed by atoms with E-state index in [1.807, 2.05) is 52.7 Å². The van der Waals surface area contributed by atoms with E-state index in [2.05, 4.69) is 11.9 Å². The zero-order valence-electron chi connectivity index (χ0n) is 20.9. The highest BCUT2D eigenvalue weighted by Crippen LogP contribution is 2.34. The SMILES string of the molecule is C=C(C#N)c1cc(C(=O)Nc2nc3cccc(Cl)c3n2[C@@H]2CCCCN(C(=O)/C=C/CN(C)C)C2)cs1. The van der Waals surface area contributed by atoms with E-state index in [0.717, 1.165) is 24.8 Å². The van der Waals surface area contributed by atoms with Gasteiger partial charge in [0.1, 0.15) is 0 Å². The molecule has 1 aromatic carbocycles. The fourth-order valence-electron chi connectivity index (χ4n) is 4.39. The van der Waals surface area contributed by atoms with E-state index in [1.54, 1.807) is 23.6 Å². The number of amides is 2. The molecule has 3 aromatic rings. The molecule has 4 rings (SSSR count). The van der Waals surface area contributed by atoms with Crippen molar-refractivity contribution in [3.8, 4) is 6.07 Å². The molecule has 192 valence electrons. The van der Waals surface area contributed by atoms with Crippen molar-refractivity contribution in [1.82, 2.24) is 19.4 Å². The lowest BCUT2D eigenvalue weighted by atomic mass is 10.1. The third kappa shape index (κ3) is 6.10. The Morgan fingerprint density at radius 3 is 2.95 bits per heavy atom. The zero-order valence-corrected chi connectivity index (χ0v) is 22.5. The van der Waals surface area contributed by atoms with Gasteiger partial charge in [0, 0.05) is 36.0 Å². The Hall–Kier alpha value is -3.45. The van der Waals surface area contributed by atoms with Crippen LogP contribution in [0.4, 0.5) is 5.95 Å². The summed E-state index contributed by atoms with van der Waals surface area (Å²) < 4.78 is 1.96. The van der Waals surface area contributed by atoms with Crippen molar-refractivity contribution < 1.29 is 9.59 Å². The number of nitrogens with one attached hydrogen (secondary N) is 1. The molecule has 0 unspecified atom stereocenters. The molecule has 0 saturated carbocycles. The summed E-state index contributed by atoms with van der Waals surface area (Å²) in [5, 5.41) is 14.3. The molecule has 2 amide bonds. The summed E-state index contributed by atoms with van der Waals surface area (Å²) in [5.41, 5.74) is 2.13. The Bertz CT molecular complexity index is 1400. The first kappa shape index (κ1) is 26.6. The van der Waals surface area contributed by atoms with Crippen molar-refractivity contribution in [2.45, 2.75) is 25.3 Å². The Labute approximate surface area is 225 Å². The number of nitriles is 1. The average molecular weight is 537 g/mol. The number of carbonyl (C=O) groups excluding carboxylic acids is 2. The molecule has 8 nitrogen and oxygen atoms in total. The van der Waals surface area contributed by atoms with Gasteiger partial charge in [-0.15, -0.1) is 11.3 Å². The Kier molecular flexibility index (Phi) is 8.44. The van der Waals surface area contributed by atoms with E-state index in [4.69, 9.17) is 21.8 Å². The van der Waals surface area contributed by atoms with Crippen LogP contribution in [-0.2, 0) is 4.79 Å². The number of carbonyl (C=O) groups is 2. The van der Waals surface area contributed by atoms with Gasteiger partial charge >= 0.3 is 0 Å². The van der Waals surface area contributed by atoms with Gasteiger partial charge in [-0.05, 0) is 51.6 Å². The van der Waals surface area contributed by atoms with Crippen molar-refractivity contribution >= 4 is 57.3 Å². The number of para-hydroxylation sites is 1. The first-order valence-electron chi connectivity index (χ1n) is 12.0. The second kappa shape index (κ2) is 11.7. The van der Waals surface area contributed by atoms with Gasteiger partial charge in [0.2, 0.25) is 11.9 Å². The molecule has 37 heavy (non-hydrogen) atoms. The number of benzene rings is 1. The predicted molar refractivity (Wildman–Crippen MR) is 149 cm³/mol. The Morgan fingerprint density at radius 1 is 1.38 bits per heavy atom. The lowest BCUT2D eigenvalue weighted by Gasteiger charge is -2.26. The van der Waals surface area contributed by atoms with Crippen LogP contribution in [0.3, 0.4) is 0 Å². The molecule has 10 heteroatoms. The number of allylic oxidation sites excluding steroid dienone is 1. The van der Waals surface area contributed by atoms with Crippen LogP contribution < -0.4 is 5.32 Å². The van der Waals surface area contributed by atoms with Gasteiger partial charge in [-0.1, -0.05) is 30.3 Å². The van der Waals surface area contributed by atoms with E-state index in [0.29, 0.717) is 52.1 Å². The van der Waals surface area contributed by atoms with Crippen LogP contribution in [-0.4, -0.2) is 64.9 Å². The molecule has 2 aromatic heterocycles. The summed E-state index contributed by atoms with van der Waals surface area (Å²) in [6.07, 6.45) is 6.14. The van der Waals surface area contributed by atoms with Crippen LogP contribution in [0.25, 0.3) is 16.6 Å². The van der Waals surface area contributed by atoms with Gasteiger partial charge in [0.05, 0.1) is 39.3 Å². The van der Waals surface area contributed by atoms with Gasteiger partial charge in [-0.3, -0.25) is 14.9 Å². The summed E-state index contributed by atoms with van der Waals surface area (Å²) in [7, 11) is 3.91. The molecule has 0 bridgehead atoms. The van der Waals surface area contributed by atoms with Crippen LogP contribution >= 0.6 is 22.9 Å². The quantitative estimate of drug-likeness (QED) is 0.330. The van der Waals surface area contributed by atoms with Crippen LogP contribution in [0, 0.1) is 11.3 Å². The van der Waals surface area contributed by atoms with E-state index in [9.17, 15) is 9.59 Å². The summed E-state index contributed by atoms with van der Waals surface area (Å²) in [5.74, 6) is 0.00915. The highest BCUT2D eigenvalue weighted by Gasteiger charge is 2.27. The van der Waals surface area contributed by atoms with Crippen LogP contribution in [0.2, 0.25) is 5.02 Å². The smallest absolute Gasteiger partial charge is 0.258 e. The molecular weight excluding hydrogens is 508 g/mol. The molecule has 0 radical (unpaired) electrons. The number of rotatable bonds is 7. The second-order valence-corrected chi connectivity index (χ2v) is 10.6. The Morgan fingerprint density at radius 2 is 2.19 bits per heavy atom. The van der Waals surface area contributed by atoms with Crippen LogP contribution in [0.5, 0.6) is 0 Å². The van der Waals surface area contributed by atoms with Gasteiger partial charge in [0.25, 0.3) is 5.91 Å². The van der Waals surface area contributed by atoms with Crippen LogP contribution in [0.1, 0.15) is 40.5 Å². The topological polar surface area (TPSA) is 94.3 Å². The minimum atomic E-state index is -0.339. The number of nitrogens with zero attached hydrogens (tertiary/aromatic N) is 5. The molecule has 1 N–H and O–H groups in total. The minimum absolute atomic E-state index is 0.0293. The van der Waals surface area contributed by atoms with Crippen molar-refractivity contribution in [2.75, 3.05) is 39.0 Å². The maximum atomic E-state index is 13.2. The first-order chi connectivity index (χ1) is 17.8. The summed E-state index contributed by atoms with van der Waals surface area (Å²) in [6.45, 7) is 5.56. The maximum Gasteiger partial charge on any atom is 0.258 e. The fourth-order valence-corrected chi connectivity index (χ4v) is 5.47. The zero-order chi connectivity index (χ0) is 26.5. The molecule has 1 aliphatic rings. The predicted octanol–water partition coefficient (Wildman–Crippen LogP) is 5.21. The van der Waals surface area contributed by atoms with E-state index < -0.39 is 0 Å². The minimum Gasteiger partial charge on any atom is -0.337 e. The highest BCUT2D eigenvalue weighted by molar-refractivity contribution is 7.11. The van der Waals surface area contributed by atoms with Gasteiger partial charge in [-0.25, -0.2) is 4.98 Å². The van der Waals surface area contributed by atoms with Crippen LogP contribution in [0.15, 0.2) is 48.4 Å². The molecular formula is C27H29ClN6O2S. The second-order valence-electron chi connectivity index (χ2n) is 9.26. The van der Waals surface area contributed by atoms with Gasteiger partial charge in [-0.2, -0.15) is 5.26 Å². The van der Waals surface area contributed by atoms with Gasteiger partial charge in [0.15, 0.2) is 0 Å². The Balaban J connectivity index is 1.66. The van der Waals surface area contributed by atoms with E-state index in [1.165, 1.54) is 11.3 Å². The number of thiophene rings is 1. The monoisotopic (exact) mass is 536 g/mol. The lowest BCUT2D eigenvalue weighted by Crippen LogP contribution is -2.34.